The molecule has 0 fully saturated rings. The van der Waals surface area contributed by atoms with Gasteiger partial charge in [-0.15, -0.1) is 0 Å². The number of anilines is 1. The quantitative estimate of drug-likeness (QED) is 0.786. The number of pyridine rings is 1. The fourth-order valence-electron chi connectivity index (χ4n) is 1.36. The van der Waals surface area contributed by atoms with Crippen LogP contribution in [0.1, 0.15) is 12.5 Å². The van der Waals surface area contributed by atoms with E-state index in [2.05, 4.69) is 16.8 Å². The van der Waals surface area contributed by atoms with Crippen molar-refractivity contribution >= 4 is 5.82 Å². The Balaban J connectivity index is 2.76. The number of methoxy groups -OCH3 is 1. The number of likely N-dealkylation sites (N-methyl/N-ethyl adjacent to an activating group) is 1. The summed E-state index contributed by atoms with van der Waals surface area (Å²) in [5, 5.41) is 0. The van der Waals surface area contributed by atoms with Gasteiger partial charge in [-0.1, -0.05) is 0 Å². The average Bonchev–Trinajstić information content (AvgIpc) is 2.28. The monoisotopic (exact) mass is 209 g/mol. The van der Waals surface area contributed by atoms with Crippen LogP contribution in [0.4, 0.5) is 5.82 Å². The molecule has 1 aromatic heterocycles. The number of hydrogen-bond donors (Lipinski definition) is 1. The van der Waals surface area contributed by atoms with Gasteiger partial charge in [0.2, 0.25) is 0 Å². The van der Waals surface area contributed by atoms with Crippen molar-refractivity contribution in [3.63, 3.8) is 0 Å². The van der Waals surface area contributed by atoms with Gasteiger partial charge in [-0.2, -0.15) is 0 Å². The van der Waals surface area contributed by atoms with Crippen LogP contribution in [0.25, 0.3) is 0 Å². The number of hydrogen-bond acceptors (Lipinski definition) is 4. The van der Waals surface area contributed by atoms with Crippen molar-refractivity contribution in [2.24, 2.45) is 5.73 Å². The van der Waals surface area contributed by atoms with Crippen LogP contribution in [-0.2, 0) is 11.3 Å². The topological polar surface area (TPSA) is 51.4 Å². The summed E-state index contributed by atoms with van der Waals surface area (Å²) in [4.78, 5) is 6.39. The Morgan fingerprint density at radius 2 is 2.33 bits per heavy atom. The molecule has 0 aliphatic rings. The molecule has 1 unspecified atom stereocenters. The maximum atomic E-state index is 5.58. The third kappa shape index (κ3) is 3.18. The van der Waals surface area contributed by atoms with E-state index < -0.39 is 0 Å². The summed E-state index contributed by atoms with van der Waals surface area (Å²) in [7, 11) is 3.71. The zero-order valence-corrected chi connectivity index (χ0v) is 9.60. The molecule has 84 valence electrons. The third-order valence-corrected chi connectivity index (χ3v) is 2.48. The van der Waals surface area contributed by atoms with Crippen molar-refractivity contribution in [1.82, 2.24) is 4.98 Å². The van der Waals surface area contributed by atoms with E-state index in [4.69, 9.17) is 10.5 Å². The number of rotatable bonds is 5. The van der Waals surface area contributed by atoms with E-state index in [-0.39, 0.29) is 0 Å². The summed E-state index contributed by atoms with van der Waals surface area (Å²) >= 11 is 0. The first-order valence-electron chi connectivity index (χ1n) is 5.05. The first-order valence-corrected chi connectivity index (χ1v) is 5.05. The van der Waals surface area contributed by atoms with Crippen molar-refractivity contribution in [1.29, 1.82) is 0 Å². The molecule has 0 aliphatic carbocycles. The van der Waals surface area contributed by atoms with Crippen LogP contribution in [0, 0.1) is 0 Å². The highest BCUT2D eigenvalue weighted by molar-refractivity contribution is 5.41. The van der Waals surface area contributed by atoms with Gasteiger partial charge in [-0.05, 0) is 24.6 Å². The highest BCUT2D eigenvalue weighted by Gasteiger charge is 2.10. The van der Waals surface area contributed by atoms with Crippen molar-refractivity contribution < 1.29 is 4.74 Å². The molecule has 0 radical (unpaired) electrons. The van der Waals surface area contributed by atoms with Gasteiger partial charge in [-0.3, -0.25) is 0 Å². The molecule has 0 saturated heterocycles. The fraction of sp³-hybridized carbons (Fsp3) is 0.545. The second kappa shape index (κ2) is 5.68. The molecule has 0 aromatic carbocycles. The molecular weight excluding hydrogens is 190 g/mol. The molecule has 0 saturated carbocycles. The molecule has 0 bridgehead atoms. The molecule has 0 spiro atoms. The zero-order chi connectivity index (χ0) is 11.3. The van der Waals surface area contributed by atoms with E-state index in [1.165, 1.54) is 0 Å². The van der Waals surface area contributed by atoms with Gasteiger partial charge in [0.1, 0.15) is 5.82 Å². The third-order valence-electron chi connectivity index (χ3n) is 2.48. The maximum Gasteiger partial charge on any atom is 0.128 e. The highest BCUT2D eigenvalue weighted by Crippen LogP contribution is 2.13. The summed E-state index contributed by atoms with van der Waals surface area (Å²) in [6.45, 7) is 3.33. The lowest BCUT2D eigenvalue weighted by molar-refractivity contribution is 0.183. The summed E-state index contributed by atoms with van der Waals surface area (Å²) in [6, 6.07) is 4.24. The minimum atomic E-state index is 0.301. The Bertz CT molecular complexity index is 304. The Morgan fingerprint density at radius 3 is 2.93 bits per heavy atom. The van der Waals surface area contributed by atoms with E-state index in [0.717, 1.165) is 11.4 Å². The number of nitrogens with two attached hydrogens (primary N) is 1. The SMILES string of the molecule is COCC(C)N(C)c1cc(CN)ccn1. The molecule has 1 atom stereocenters. The molecule has 1 rings (SSSR count). The lowest BCUT2D eigenvalue weighted by atomic mass is 10.2. The van der Waals surface area contributed by atoms with Gasteiger partial charge in [-0.25, -0.2) is 4.98 Å². The summed E-state index contributed by atoms with van der Waals surface area (Å²) in [6.07, 6.45) is 1.79. The van der Waals surface area contributed by atoms with E-state index in [1.807, 2.05) is 19.2 Å². The first-order chi connectivity index (χ1) is 7.19. The van der Waals surface area contributed by atoms with Crippen molar-refractivity contribution in [3.8, 4) is 0 Å². The highest BCUT2D eigenvalue weighted by atomic mass is 16.5. The number of aromatic nitrogens is 1. The minimum Gasteiger partial charge on any atom is -0.383 e. The second-order valence-electron chi connectivity index (χ2n) is 3.64. The number of nitrogens with zero attached hydrogens (tertiary/aromatic N) is 2. The van der Waals surface area contributed by atoms with Gasteiger partial charge < -0.3 is 15.4 Å². The molecule has 15 heavy (non-hydrogen) atoms. The van der Waals surface area contributed by atoms with E-state index >= 15 is 0 Å². The van der Waals surface area contributed by atoms with E-state index in [9.17, 15) is 0 Å². The van der Waals surface area contributed by atoms with Crippen molar-refractivity contribution in [2.75, 3.05) is 25.7 Å². The molecule has 1 heterocycles. The van der Waals surface area contributed by atoms with Crippen LogP contribution < -0.4 is 10.6 Å². The summed E-state index contributed by atoms with van der Waals surface area (Å²) < 4.78 is 5.11. The van der Waals surface area contributed by atoms with Crippen LogP contribution >= 0.6 is 0 Å². The Kier molecular flexibility index (Phi) is 4.52. The van der Waals surface area contributed by atoms with Gasteiger partial charge in [0.05, 0.1) is 12.6 Å². The van der Waals surface area contributed by atoms with E-state index in [1.54, 1.807) is 13.3 Å². The summed E-state index contributed by atoms with van der Waals surface area (Å²) in [5.74, 6) is 0.933. The minimum absolute atomic E-state index is 0.301. The van der Waals surface area contributed by atoms with Crippen LogP contribution in [0.5, 0.6) is 0 Å². The Morgan fingerprint density at radius 1 is 1.60 bits per heavy atom. The van der Waals surface area contributed by atoms with E-state index in [0.29, 0.717) is 19.2 Å². The Hall–Kier alpha value is -1.13. The smallest absolute Gasteiger partial charge is 0.128 e. The number of ether oxygens (including phenoxy) is 1. The largest absolute Gasteiger partial charge is 0.383 e. The molecule has 2 N–H and O–H groups in total. The van der Waals surface area contributed by atoms with Crippen LogP contribution in [0.2, 0.25) is 0 Å². The van der Waals surface area contributed by atoms with Gasteiger partial charge in [0.15, 0.2) is 0 Å². The van der Waals surface area contributed by atoms with Crippen molar-refractivity contribution in [3.05, 3.63) is 23.9 Å². The fourth-order valence-corrected chi connectivity index (χ4v) is 1.36. The molecule has 1 aromatic rings. The normalized spacial score (nSPS) is 12.5. The lowest BCUT2D eigenvalue weighted by Gasteiger charge is -2.25. The second-order valence-corrected chi connectivity index (χ2v) is 3.64. The van der Waals surface area contributed by atoms with Gasteiger partial charge in [0, 0.05) is 26.9 Å². The van der Waals surface area contributed by atoms with Crippen LogP contribution in [-0.4, -0.2) is 31.8 Å². The first kappa shape index (κ1) is 11.9. The molecule has 4 nitrogen and oxygen atoms in total. The molecule has 0 aliphatic heterocycles. The molecular formula is C11H19N3O. The average molecular weight is 209 g/mol. The van der Waals surface area contributed by atoms with Gasteiger partial charge in [0.25, 0.3) is 0 Å². The van der Waals surface area contributed by atoms with Crippen LogP contribution in [0.15, 0.2) is 18.3 Å². The standard InChI is InChI=1S/C11H19N3O/c1-9(8-15-3)14(2)11-6-10(7-12)4-5-13-11/h4-6,9H,7-8,12H2,1-3H3. The predicted molar refractivity (Wildman–Crippen MR) is 61.9 cm³/mol. The summed E-state index contributed by atoms with van der Waals surface area (Å²) in [5.41, 5.74) is 6.68. The zero-order valence-electron chi connectivity index (χ0n) is 9.60. The maximum absolute atomic E-state index is 5.58. The lowest BCUT2D eigenvalue weighted by Crippen LogP contribution is -2.33. The molecule has 4 heteroatoms. The van der Waals surface area contributed by atoms with Crippen LogP contribution in [0.3, 0.4) is 0 Å². The predicted octanol–water partition coefficient (Wildman–Crippen LogP) is 1.01. The Labute approximate surface area is 91.1 Å². The van der Waals surface area contributed by atoms with Crippen molar-refractivity contribution in [2.45, 2.75) is 19.5 Å². The van der Waals surface area contributed by atoms with Gasteiger partial charge >= 0.3 is 0 Å². The molecule has 0 amide bonds.